The molecule has 3 unspecified atom stereocenters. The molecule has 0 aromatic heterocycles. The number of hydrogen-bond acceptors (Lipinski definition) is 12. The van der Waals surface area contributed by atoms with Crippen molar-refractivity contribution >= 4 is 41.3 Å². The standard InChI is InChI=1S/C17H33N4O15P3/c18-5-3-1-2-4-6-19-14(23)7-11-9-21(17(25)20-16(11)24)15-8-12(22)13(34-15)10-33-38(29,30)36-39(31,32)35-37(26,27)28/h11-13,15,22H,1-10,18H2,(H,19,23)(H,29,30)(H,31,32)(H,20,24,25)(H2,26,27,28)/t11?,12-,13+,15+/m0/s1. The van der Waals surface area contributed by atoms with Crippen LogP contribution in [0.5, 0.6) is 0 Å². The summed E-state index contributed by atoms with van der Waals surface area (Å²) in [6, 6.07) is -0.859. The van der Waals surface area contributed by atoms with Gasteiger partial charge in [-0.2, -0.15) is 8.62 Å². The lowest BCUT2D eigenvalue weighted by molar-refractivity contribution is -0.134. The zero-order chi connectivity index (χ0) is 29.4. The van der Waals surface area contributed by atoms with Gasteiger partial charge in [-0.05, 0) is 19.4 Å². The largest absolute Gasteiger partial charge is 0.490 e. The summed E-state index contributed by atoms with van der Waals surface area (Å²) < 4.78 is 51.1. The first-order valence-electron chi connectivity index (χ1n) is 11.7. The smallest absolute Gasteiger partial charge is 0.390 e. The van der Waals surface area contributed by atoms with Crippen LogP contribution >= 0.6 is 23.5 Å². The fourth-order valence-corrected chi connectivity index (χ4v) is 6.79. The molecule has 2 rings (SSSR count). The molecule has 19 nitrogen and oxygen atoms in total. The first-order valence-corrected chi connectivity index (χ1v) is 16.2. The second-order valence-corrected chi connectivity index (χ2v) is 13.1. The lowest BCUT2D eigenvalue weighted by atomic mass is 10.0. The third kappa shape index (κ3) is 12.0. The molecule has 39 heavy (non-hydrogen) atoms. The number of nitrogens with two attached hydrogens (primary N) is 1. The number of hydrogen-bond donors (Lipinski definition) is 8. The number of ether oxygens (including phenoxy) is 1. The van der Waals surface area contributed by atoms with Gasteiger partial charge in [0.25, 0.3) is 0 Å². The van der Waals surface area contributed by atoms with Crippen LogP contribution in [0, 0.1) is 5.92 Å². The Labute approximate surface area is 222 Å². The van der Waals surface area contributed by atoms with E-state index in [1.807, 2.05) is 0 Å². The second kappa shape index (κ2) is 14.5. The SMILES string of the molecule is NCCCCCCNC(=O)CC1CN([C@H]2C[C@H](O)[C@@H](COP(=O)(O)OP(=O)(O)OP(=O)(O)O)O2)C(=O)NC1=O. The number of phosphoric ester groups is 1. The van der Waals surface area contributed by atoms with Gasteiger partial charge in [-0.15, -0.1) is 0 Å². The van der Waals surface area contributed by atoms with Crippen molar-refractivity contribution in [3.8, 4) is 0 Å². The van der Waals surface area contributed by atoms with Gasteiger partial charge < -0.3 is 40.5 Å². The average Bonchev–Trinajstić information content (AvgIpc) is 3.14. The molecule has 6 atom stereocenters. The number of aliphatic hydroxyl groups excluding tert-OH is 1. The Morgan fingerprint density at radius 3 is 2.38 bits per heavy atom. The fourth-order valence-electron chi connectivity index (χ4n) is 3.76. The minimum absolute atomic E-state index is 0.219. The van der Waals surface area contributed by atoms with Gasteiger partial charge in [0.05, 0.1) is 18.6 Å². The number of amides is 4. The van der Waals surface area contributed by atoms with E-state index in [2.05, 4.69) is 23.8 Å². The van der Waals surface area contributed by atoms with E-state index in [9.17, 15) is 43.0 Å². The molecular formula is C17H33N4O15P3. The maximum Gasteiger partial charge on any atom is 0.490 e. The van der Waals surface area contributed by atoms with Crippen LogP contribution in [0.15, 0.2) is 0 Å². The van der Waals surface area contributed by atoms with Crippen LogP contribution in [0.3, 0.4) is 0 Å². The van der Waals surface area contributed by atoms with E-state index in [0.29, 0.717) is 13.1 Å². The molecule has 2 saturated heterocycles. The van der Waals surface area contributed by atoms with Crippen molar-refractivity contribution in [2.75, 3.05) is 26.2 Å². The Morgan fingerprint density at radius 2 is 1.74 bits per heavy atom. The van der Waals surface area contributed by atoms with Crippen molar-refractivity contribution in [1.29, 1.82) is 0 Å². The van der Waals surface area contributed by atoms with Crippen molar-refractivity contribution in [3.05, 3.63) is 0 Å². The summed E-state index contributed by atoms with van der Waals surface area (Å²) in [5, 5.41) is 15.1. The summed E-state index contributed by atoms with van der Waals surface area (Å²) >= 11 is 0. The number of carbonyl (C=O) groups excluding carboxylic acids is 3. The third-order valence-corrected chi connectivity index (χ3v) is 9.34. The maximum atomic E-state index is 12.4. The lowest BCUT2D eigenvalue weighted by Gasteiger charge is -2.35. The van der Waals surface area contributed by atoms with Gasteiger partial charge in [0.15, 0.2) is 0 Å². The van der Waals surface area contributed by atoms with E-state index in [4.69, 9.17) is 20.3 Å². The molecule has 0 saturated carbocycles. The summed E-state index contributed by atoms with van der Waals surface area (Å²) in [6.45, 7) is -0.147. The minimum atomic E-state index is -5.73. The molecule has 0 radical (unpaired) electrons. The molecule has 226 valence electrons. The van der Waals surface area contributed by atoms with E-state index in [-0.39, 0.29) is 19.4 Å². The van der Waals surface area contributed by atoms with Crippen LogP contribution in [0.1, 0.15) is 38.5 Å². The van der Waals surface area contributed by atoms with Crippen molar-refractivity contribution in [3.63, 3.8) is 0 Å². The number of imide groups is 1. The monoisotopic (exact) mass is 626 g/mol. The highest BCUT2D eigenvalue weighted by Crippen LogP contribution is 2.66. The highest BCUT2D eigenvalue weighted by atomic mass is 31.3. The molecule has 2 heterocycles. The zero-order valence-corrected chi connectivity index (χ0v) is 23.2. The molecule has 9 N–H and O–H groups in total. The summed E-state index contributed by atoms with van der Waals surface area (Å²) in [5.41, 5.74) is 5.42. The van der Waals surface area contributed by atoms with Crippen LogP contribution in [0.4, 0.5) is 4.79 Å². The number of phosphoric acid groups is 3. The number of unbranched alkanes of at least 4 members (excludes halogenated alkanes) is 3. The van der Waals surface area contributed by atoms with E-state index < -0.39 is 72.3 Å². The first kappa shape index (κ1) is 33.9. The topological polar surface area (TPSA) is 294 Å². The van der Waals surface area contributed by atoms with Gasteiger partial charge in [-0.3, -0.25) is 24.3 Å². The van der Waals surface area contributed by atoms with Crippen molar-refractivity contribution in [1.82, 2.24) is 15.5 Å². The van der Waals surface area contributed by atoms with E-state index in [0.717, 1.165) is 30.6 Å². The number of urea groups is 1. The normalized spacial score (nSPS) is 27.1. The lowest BCUT2D eigenvalue weighted by Crippen LogP contribution is -2.58. The Bertz CT molecular complexity index is 1030. The quantitative estimate of drug-likeness (QED) is 0.0752. The van der Waals surface area contributed by atoms with Crippen LogP contribution in [0.25, 0.3) is 0 Å². The van der Waals surface area contributed by atoms with Gasteiger partial charge in [0, 0.05) is 25.9 Å². The van der Waals surface area contributed by atoms with Crippen molar-refractivity contribution in [2.24, 2.45) is 11.7 Å². The van der Waals surface area contributed by atoms with Gasteiger partial charge in [0.1, 0.15) is 12.3 Å². The van der Waals surface area contributed by atoms with E-state index in [1.54, 1.807) is 0 Å². The number of carbonyl (C=O) groups is 3. The van der Waals surface area contributed by atoms with Crippen molar-refractivity contribution in [2.45, 2.75) is 57.0 Å². The molecule has 0 aromatic rings. The summed E-state index contributed by atoms with van der Waals surface area (Å²) in [4.78, 5) is 73.8. The highest BCUT2D eigenvalue weighted by molar-refractivity contribution is 7.66. The molecule has 2 aliphatic rings. The molecule has 0 aliphatic carbocycles. The number of nitrogens with one attached hydrogen (secondary N) is 2. The fraction of sp³-hybridized carbons (Fsp3) is 0.824. The molecule has 4 amide bonds. The second-order valence-electron chi connectivity index (χ2n) is 8.72. The van der Waals surface area contributed by atoms with E-state index in [1.165, 1.54) is 0 Å². The Balaban J connectivity index is 1.88. The van der Waals surface area contributed by atoms with Gasteiger partial charge >= 0.3 is 29.5 Å². The molecule has 0 aromatic carbocycles. The molecule has 0 spiro atoms. The zero-order valence-electron chi connectivity index (χ0n) is 20.6. The Hall–Kier alpha value is -1.30. The molecule has 2 fully saturated rings. The predicted molar refractivity (Wildman–Crippen MR) is 128 cm³/mol. The first-order chi connectivity index (χ1) is 18.0. The van der Waals surface area contributed by atoms with Crippen LogP contribution in [0.2, 0.25) is 0 Å². The van der Waals surface area contributed by atoms with Crippen LogP contribution < -0.4 is 16.4 Å². The minimum Gasteiger partial charge on any atom is -0.390 e. The van der Waals surface area contributed by atoms with E-state index >= 15 is 0 Å². The van der Waals surface area contributed by atoms with Crippen LogP contribution in [-0.4, -0.2) is 92.1 Å². The highest BCUT2D eigenvalue weighted by Gasteiger charge is 2.46. The molecular weight excluding hydrogens is 593 g/mol. The average molecular weight is 626 g/mol. The number of rotatable bonds is 16. The molecule has 22 heteroatoms. The van der Waals surface area contributed by atoms with Gasteiger partial charge in [-0.25, -0.2) is 18.5 Å². The maximum absolute atomic E-state index is 12.4. The van der Waals surface area contributed by atoms with Crippen LogP contribution in [-0.2, 0) is 41.2 Å². The molecule has 2 aliphatic heterocycles. The predicted octanol–water partition coefficient (Wildman–Crippen LogP) is -1.00. The summed E-state index contributed by atoms with van der Waals surface area (Å²) in [5.74, 6) is -1.99. The summed E-state index contributed by atoms with van der Waals surface area (Å²) in [7, 11) is -16.8. The number of nitrogens with zero attached hydrogens (tertiary/aromatic N) is 1. The van der Waals surface area contributed by atoms with Gasteiger partial charge in [-0.1, -0.05) is 12.8 Å². The Kier molecular flexibility index (Phi) is 12.6. The summed E-state index contributed by atoms with van der Waals surface area (Å²) in [6.07, 6.45) is -0.898. The molecule has 0 bridgehead atoms. The Morgan fingerprint density at radius 1 is 1.08 bits per heavy atom. The van der Waals surface area contributed by atoms with Gasteiger partial charge in [0.2, 0.25) is 11.8 Å². The number of aliphatic hydroxyl groups is 1. The third-order valence-electron chi connectivity index (χ3n) is 5.53. The van der Waals surface area contributed by atoms with Crippen molar-refractivity contribution < 1.29 is 70.6 Å².